The Morgan fingerprint density at radius 1 is 1.03 bits per heavy atom. The summed E-state index contributed by atoms with van der Waals surface area (Å²) in [6.07, 6.45) is -0.842. The van der Waals surface area contributed by atoms with Crippen molar-refractivity contribution in [1.29, 1.82) is 0 Å². The van der Waals surface area contributed by atoms with Crippen molar-refractivity contribution in [1.82, 2.24) is 0 Å². The number of furan rings is 1. The van der Waals surface area contributed by atoms with Gasteiger partial charge in [-0.25, -0.2) is 18.9 Å². The van der Waals surface area contributed by atoms with E-state index in [1.165, 1.54) is 37.4 Å². The molecule has 0 aliphatic carbocycles. The summed E-state index contributed by atoms with van der Waals surface area (Å²) in [7, 11) is 1.18. The summed E-state index contributed by atoms with van der Waals surface area (Å²) in [5.41, 5.74) is 7.68. The maximum atomic E-state index is 13.2. The molecule has 3 aromatic carbocycles. The molecule has 4 aromatic rings. The first-order chi connectivity index (χ1) is 14.9. The molecule has 0 unspecified atom stereocenters. The number of carboxylic acid groups (broad SMARTS) is 1. The lowest BCUT2D eigenvalue weighted by molar-refractivity contribution is 0.0699. The number of rotatable bonds is 4. The predicted molar refractivity (Wildman–Crippen MR) is 114 cm³/mol. The molecule has 1 amide bonds. The molecule has 4 rings (SSSR count). The van der Waals surface area contributed by atoms with Crippen LogP contribution in [0.25, 0.3) is 22.1 Å². The van der Waals surface area contributed by atoms with Gasteiger partial charge in [-0.3, -0.25) is 0 Å². The molecule has 0 radical (unpaired) electrons. The monoisotopic (exact) mass is 420 g/mol. The first-order valence-corrected chi connectivity index (χ1v) is 9.18. The molecule has 1 aromatic heterocycles. The lowest BCUT2D eigenvalue weighted by Gasteiger charge is -2.20. The minimum atomic E-state index is -1.29. The number of aromatic carboxylic acids is 1. The number of ether oxygens (including phenoxy) is 1. The molecule has 0 saturated heterocycles. The van der Waals surface area contributed by atoms with Crippen LogP contribution in [0, 0.1) is 5.82 Å². The highest BCUT2D eigenvalue weighted by Crippen LogP contribution is 2.37. The van der Waals surface area contributed by atoms with Gasteiger partial charge in [0.2, 0.25) is 5.88 Å². The Kier molecular flexibility index (Phi) is 5.04. The van der Waals surface area contributed by atoms with Crippen LogP contribution in [0.15, 0.2) is 71.1 Å². The van der Waals surface area contributed by atoms with E-state index in [2.05, 4.69) is 0 Å². The average Bonchev–Trinajstić information content (AvgIpc) is 3.16. The zero-order valence-electron chi connectivity index (χ0n) is 16.3. The van der Waals surface area contributed by atoms with Crippen molar-refractivity contribution in [2.24, 2.45) is 0 Å². The van der Waals surface area contributed by atoms with E-state index in [1.54, 1.807) is 30.3 Å². The molecule has 156 valence electrons. The fourth-order valence-corrected chi connectivity index (χ4v) is 3.34. The van der Waals surface area contributed by atoms with Crippen molar-refractivity contribution >= 4 is 40.3 Å². The fourth-order valence-electron chi connectivity index (χ4n) is 3.34. The van der Waals surface area contributed by atoms with Gasteiger partial charge in [-0.2, -0.15) is 0 Å². The first-order valence-electron chi connectivity index (χ1n) is 9.18. The normalized spacial score (nSPS) is 10.8. The first kappa shape index (κ1) is 20.0. The van der Waals surface area contributed by atoms with E-state index >= 15 is 0 Å². The molecule has 0 saturated carbocycles. The molecule has 8 heteroatoms. The third-order valence-corrected chi connectivity index (χ3v) is 4.79. The predicted octanol–water partition coefficient (Wildman–Crippen LogP) is 5.42. The SMILES string of the molecule is COC(=O)N(c1cc2cc(-c3ccc(F)cc3)ccc2o1)c1cccc(N)c1C(=O)O. The highest BCUT2D eigenvalue weighted by molar-refractivity contribution is 6.07. The number of hydrogen-bond acceptors (Lipinski definition) is 5. The highest BCUT2D eigenvalue weighted by Gasteiger charge is 2.28. The van der Waals surface area contributed by atoms with Crippen LogP contribution in [0.5, 0.6) is 0 Å². The van der Waals surface area contributed by atoms with E-state index in [-0.39, 0.29) is 28.6 Å². The van der Waals surface area contributed by atoms with Crippen molar-refractivity contribution in [2.45, 2.75) is 0 Å². The number of nitrogens with two attached hydrogens (primary N) is 1. The zero-order valence-corrected chi connectivity index (χ0v) is 16.3. The van der Waals surface area contributed by atoms with Crippen LogP contribution in [0.1, 0.15) is 10.4 Å². The molecular weight excluding hydrogens is 403 g/mol. The number of fused-ring (bicyclic) bond motifs is 1. The molecule has 3 N–H and O–H groups in total. The molecule has 0 fully saturated rings. The van der Waals surface area contributed by atoms with Gasteiger partial charge >= 0.3 is 12.1 Å². The minimum Gasteiger partial charge on any atom is -0.478 e. The topological polar surface area (TPSA) is 106 Å². The quantitative estimate of drug-likeness (QED) is 0.427. The number of hydrogen-bond donors (Lipinski definition) is 2. The van der Waals surface area contributed by atoms with E-state index in [4.69, 9.17) is 14.9 Å². The van der Waals surface area contributed by atoms with Gasteiger partial charge in [0.25, 0.3) is 0 Å². The van der Waals surface area contributed by atoms with Crippen LogP contribution in [0.4, 0.5) is 26.4 Å². The number of nitrogen functional groups attached to an aromatic ring is 1. The van der Waals surface area contributed by atoms with Crippen molar-refractivity contribution in [3.05, 3.63) is 78.1 Å². The van der Waals surface area contributed by atoms with Crippen molar-refractivity contribution in [3.8, 4) is 11.1 Å². The Morgan fingerprint density at radius 3 is 2.42 bits per heavy atom. The number of carbonyl (C=O) groups excluding carboxylic acids is 1. The summed E-state index contributed by atoms with van der Waals surface area (Å²) in [4.78, 5) is 25.4. The summed E-state index contributed by atoms with van der Waals surface area (Å²) in [5.74, 6) is -1.57. The summed E-state index contributed by atoms with van der Waals surface area (Å²) < 4.78 is 23.9. The summed E-state index contributed by atoms with van der Waals surface area (Å²) in [5, 5.41) is 10.3. The van der Waals surface area contributed by atoms with Gasteiger partial charge in [0.1, 0.15) is 17.0 Å². The van der Waals surface area contributed by atoms with Crippen molar-refractivity contribution < 1.29 is 28.2 Å². The van der Waals surface area contributed by atoms with Gasteiger partial charge < -0.3 is 20.0 Å². The number of carboxylic acids is 1. The summed E-state index contributed by atoms with van der Waals surface area (Å²) in [6.45, 7) is 0. The number of nitrogens with zero attached hydrogens (tertiary/aromatic N) is 1. The smallest absolute Gasteiger partial charge is 0.421 e. The van der Waals surface area contributed by atoms with Crippen molar-refractivity contribution in [3.63, 3.8) is 0 Å². The van der Waals surface area contributed by atoms with Gasteiger partial charge in [0.05, 0.1) is 12.8 Å². The van der Waals surface area contributed by atoms with E-state index in [0.717, 1.165) is 16.0 Å². The second kappa shape index (κ2) is 7.83. The Bertz CT molecular complexity index is 1300. The average molecular weight is 420 g/mol. The van der Waals surface area contributed by atoms with Gasteiger partial charge in [-0.15, -0.1) is 0 Å². The van der Waals surface area contributed by atoms with Crippen LogP contribution in [0.3, 0.4) is 0 Å². The van der Waals surface area contributed by atoms with E-state index in [0.29, 0.717) is 11.0 Å². The third kappa shape index (κ3) is 3.66. The molecular formula is C23H17FN2O5. The van der Waals surface area contributed by atoms with E-state index in [1.807, 2.05) is 6.07 Å². The van der Waals surface area contributed by atoms with E-state index < -0.39 is 12.1 Å². The van der Waals surface area contributed by atoms with E-state index in [9.17, 15) is 19.1 Å². The van der Waals surface area contributed by atoms with Crippen molar-refractivity contribution in [2.75, 3.05) is 17.7 Å². The Balaban J connectivity index is 1.84. The molecule has 0 bridgehead atoms. The Morgan fingerprint density at radius 2 is 1.74 bits per heavy atom. The standard InChI is InChI=1S/C23H17FN2O5/c1-30-23(29)26(18-4-2-3-17(25)21(18)22(27)28)20-12-15-11-14(7-10-19(15)31-20)13-5-8-16(24)9-6-13/h2-12H,25H2,1H3,(H,27,28). The molecule has 0 aliphatic heterocycles. The molecule has 1 heterocycles. The largest absolute Gasteiger partial charge is 0.478 e. The third-order valence-electron chi connectivity index (χ3n) is 4.79. The maximum Gasteiger partial charge on any atom is 0.421 e. The molecule has 31 heavy (non-hydrogen) atoms. The Labute approximate surface area is 176 Å². The lowest BCUT2D eigenvalue weighted by Crippen LogP contribution is -2.27. The van der Waals surface area contributed by atoms with Gasteiger partial charge in [0, 0.05) is 17.1 Å². The number of anilines is 3. The van der Waals surface area contributed by atoms with Crippen LogP contribution in [-0.4, -0.2) is 24.3 Å². The highest BCUT2D eigenvalue weighted by atomic mass is 19.1. The number of methoxy groups -OCH3 is 1. The van der Waals surface area contributed by atoms with Crippen LogP contribution >= 0.6 is 0 Å². The lowest BCUT2D eigenvalue weighted by atomic mass is 10.0. The molecule has 0 atom stereocenters. The second-order valence-corrected chi connectivity index (χ2v) is 6.70. The Hall–Kier alpha value is -4.33. The van der Waals surface area contributed by atoms with Gasteiger partial charge in [-0.05, 0) is 47.5 Å². The fraction of sp³-hybridized carbons (Fsp3) is 0.0435. The van der Waals surface area contributed by atoms with Gasteiger partial charge in [0.15, 0.2) is 0 Å². The van der Waals surface area contributed by atoms with Gasteiger partial charge in [-0.1, -0.05) is 24.3 Å². The molecule has 7 nitrogen and oxygen atoms in total. The zero-order chi connectivity index (χ0) is 22.1. The number of benzene rings is 3. The van der Waals surface area contributed by atoms with Crippen LogP contribution < -0.4 is 10.6 Å². The molecule has 0 spiro atoms. The summed E-state index contributed by atoms with van der Waals surface area (Å²) in [6, 6.07) is 17.4. The second-order valence-electron chi connectivity index (χ2n) is 6.70. The van der Waals surface area contributed by atoms with Crippen LogP contribution in [0.2, 0.25) is 0 Å². The van der Waals surface area contributed by atoms with Crippen LogP contribution in [-0.2, 0) is 4.74 Å². The number of amides is 1. The molecule has 0 aliphatic rings. The summed E-state index contributed by atoms with van der Waals surface area (Å²) >= 11 is 0. The number of halogens is 1. The minimum absolute atomic E-state index is 0.00592. The maximum absolute atomic E-state index is 13.2. The number of carbonyl (C=O) groups is 2.